The monoisotopic (exact) mass is 386 g/mol. The van der Waals surface area contributed by atoms with E-state index >= 15 is 0 Å². The molecule has 3 amide bonds. The standard InChI is InChI=1S/C17H20Cl2N2O4/c1-10-4-2-3-5-14(10)20-17(24)21-15(22)9-25-16(23)12-8-11(18)6-7-13(12)19/h6-8,10,14H,2-5,9H2,1H3,(H2,20,21,22,24)/t10-,14-/m1/s1. The average molecular weight is 387 g/mol. The van der Waals surface area contributed by atoms with Crippen molar-refractivity contribution in [2.45, 2.75) is 38.6 Å². The van der Waals surface area contributed by atoms with Gasteiger partial charge in [-0.1, -0.05) is 43.0 Å². The Morgan fingerprint density at radius 1 is 1.20 bits per heavy atom. The summed E-state index contributed by atoms with van der Waals surface area (Å²) in [6.45, 7) is 1.48. The topological polar surface area (TPSA) is 84.5 Å². The van der Waals surface area contributed by atoms with Gasteiger partial charge in [0.05, 0.1) is 10.6 Å². The largest absolute Gasteiger partial charge is 0.452 e. The molecular formula is C17H20Cl2N2O4. The molecule has 25 heavy (non-hydrogen) atoms. The minimum Gasteiger partial charge on any atom is -0.452 e. The first-order chi connectivity index (χ1) is 11.9. The zero-order chi connectivity index (χ0) is 18.4. The van der Waals surface area contributed by atoms with Gasteiger partial charge in [-0.15, -0.1) is 0 Å². The fourth-order valence-corrected chi connectivity index (χ4v) is 3.13. The molecular weight excluding hydrogens is 367 g/mol. The van der Waals surface area contributed by atoms with Gasteiger partial charge in [0.1, 0.15) is 0 Å². The molecule has 0 aliphatic heterocycles. The first-order valence-electron chi connectivity index (χ1n) is 8.09. The Labute approximate surface area is 156 Å². The smallest absolute Gasteiger partial charge is 0.340 e. The molecule has 0 spiro atoms. The fourth-order valence-electron chi connectivity index (χ4n) is 2.76. The Bertz CT molecular complexity index is 666. The number of benzene rings is 1. The summed E-state index contributed by atoms with van der Waals surface area (Å²) < 4.78 is 4.86. The van der Waals surface area contributed by atoms with Gasteiger partial charge >= 0.3 is 12.0 Å². The minimum atomic E-state index is -0.788. The van der Waals surface area contributed by atoms with E-state index in [-0.39, 0.29) is 16.6 Å². The number of ether oxygens (including phenoxy) is 1. The molecule has 0 radical (unpaired) electrons. The SMILES string of the molecule is C[C@@H]1CCCC[C@H]1NC(=O)NC(=O)COC(=O)c1cc(Cl)ccc1Cl. The van der Waals surface area contributed by atoms with Crippen LogP contribution in [-0.2, 0) is 9.53 Å². The molecule has 2 rings (SSSR count). The van der Waals surface area contributed by atoms with Crippen LogP contribution in [0, 0.1) is 5.92 Å². The highest BCUT2D eigenvalue weighted by Crippen LogP contribution is 2.23. The number of carbonyl (C=O) groups is 3. The molecule has 0 bridgehead atoms. The van der Waals surface area contributed by atoms with Gasteiger partial charge in [-0.2, -0.15) is 0 Å². The number of hydrogen-bond donors (Lipinski definition) is 2. The molecule has 1 fully saturated rings. The van der Waals surface area contributed by atoms with Crippen LogP contribution in [0.15, 0.2) is 18.2 Å². The van der Waals surface area contributed by atoms with Gasteiger partial charge in [0.15, 0.2) is 6.61 Å². The number of imide groups is 1. The summed E-state index contributed by atoms with van der Waals surface area (Å²) in [5.41, 5.74) is 0.0578. The number of urea groups is 1. The molecule has 2 atom stereocenters. The van der Waals surface area contributed by atoms with E-state index in [2.05, 4.69) is 17.6 Å². The Hall–Kier alpha value is -1.79. The van der Waals surface area contributed by atoms with E-state index in [1.165, 1.54) is 18.2 Å². The number of nitrogens with one attached hydrogen (secondary N) is 2. The molecule has 0 saturated heterocycles. The van der Waals surface area contributed by atoms with E-state index in [0.29, 0.717) is 10.9 Å². The normalized spacial score (nSPS) is 19.8. The second-order valence-corrected chi connectivity index (χ2v) is 6.93. The third-order valence-electron chi connectivity index (χ3n) is 4.16. The van der Waals surface area contributed by atoms with Gasteiger partial charge in [0, 0.05) is 11.1 Å². The van der Waals surface area contributed by atoms with Crippen LogP contribution in [-0.4, -0.2) is 30.6 Å². The van der Waals surface area contributed by atoms with Crippen molar-refractivity contribution < 1.29 is 19.1 Å². The highest BCUT2D eigenvalue weighted by molar-refractivity contribution is 6.35. The van der Waals surface area contributed by atoms with Crippen molar-refractivity contribution in [3.8, 4) is 0 Å². The summed E-state index contributed by atoms with van der Waals surface area (Å²) >= 11 is 11.7. The summed E-state index contributed by atoms with van der Waals surface area (Å²) in [7, 11) is 0. The molecule has 2 N–H and O–H groups in total. The Balaban J connectivity index is 1.79. The van der Waals surface area contributed by atoms with Gasteiger partial charge in [0.2, 0.25) is 0 Å². The number of hydrogen-bond acceptors (Lipinski definition) is 4. The molecule has 1 saturated carbocycles. The highest BCUT2D eigenvalue weighted by Gasteiger charge is 2.23. The lowest BCUT2D eigenvalue weighted by Gasteiger charge is -2.29. The lowest BCUT2D eigenvalue weighted by atomic mass is 9.86. The first-order valence-corrected chi connectivity index (χ1v) is 8.85. The maximum absolute atomic E-state index is 11.9. The lowest BCUT2D eigenvalue weighted by Crippen LogP contribution is -2.48. The quantitative estimate of drug-likeness (QED) is 0.774. The zero-order valence-electron chi connectivity index (χ0n) is 13.8. The molecule has 1 aromatic rings. The highest BCUT2D eigenvalue weighted by atomic mass is 35.5. The van der Waals surface area contributed by atoms with Crippen molar-refractivity contribution in [1.82, 2.24) is 10.6 Å². The summed E-state index contributed by atoms with van der Waals surface area (Å²) in [4.78, 5) is 35.5. The molecule has 1 aliphatic rings. The number of carbonyl (C=O) groups excluding carboxylic acids is 3. The van der Waals surface area contributed by atoms with E-state index in [0.717, 1.165) is 25.7 Å². The van der Waals surface area contributed by atoms with Crippen LogP contribution < -0.4 is 10.6 Å². The third kappa shape index (κ3) is 5.90. The van der Waals surface area contributed by atoms with Gasteiger partial charge in [-0.25, -0.2) is 9.59 Å². The number of amides is 3. The van der Waals surface area contributed by atoms with Crippen LogP contribution in [0.25, 0.3) is 0 Å². The molecule has 0 heterocycles. The van der Waals surface area contributed by atoms with Crippen LogP contribution in [0.4, 0.5) is 4.79 Å². The Kier molecular flexibility index (Phi) is 7.08. The average Bonchev–Trinajstić information content (AvgIpc) is 2.57. The van der Waals surface area contributed by atoms with E-state index in [4.69, 9.17) is 27.9 Å². The maximum Gasteiger partial charge on any atom is 0.340 e. The number of esters is 1. The predicted octanol–water partition coefficient (Wildman–Crippen LogP) is 3.55. The van der Waals surface area contributed by atoms with E-state index in [1.54, 1.807) is 0 Å². The van der Waals surface area contributed by atoms with E-state index in [1.807, 2.05) is 0 Å². The van der Waals surface area contributed by atoms with Gasteiger partial charge in [-0.3, -0.25) is 10.1 Å². The van der Waals surface area contributed by atoms with Crippen molar-refractivity contribution in [2.24, 2.45) is 5.92 Å². The Morgan fingerprint density at radius 3 is 2.64 bits per heavy atom. The third-order valence-corrected chi connectivity index (χ3v) is 4.73. The van der Waals surface area contributed by atoms with Crippen LogP contribution in [0.5, 0.6) is 0 Å². The lowest BCUT2D eigenvalue weighted by molar-refractivity contribution is -0.123. The van der Waals surface area contributed by atoms with Gasteiger partial charge in [-0.05, 0) is 37.0 Å². The summed E-state index contributed by atoms with van der Waals surface area (Å²) in [5, 5.41) is 5.43. The fraction of sp³-hybridized carbons (Fsp3) is 0.471. The second-order valence-electron chi connectivity index (χ2n) is 6.09. The van der Waals surface area contributed by atoms with Crippen LogP contribution >= 0.6 is 23.2 Å². The molecule has 0 aromatic heterocycles. The Morgan fingerprint density at radius 2 is 1.92 bits per heavy atom. The van der Waals surface area contributed by atoms with Crippen molar-refractivity contribution in [3.63, 3.8) is 0 Å². The molecule has 1 aromatic carbocycles. The molecule has 8 heteroatoms. The summed E-state index contributed by atoms with van der Waals surface area (Å²) in [6.07, 6.45) is 4.16. The van der Waals surface area contributed by atoms with Gasteiger partial charge < -0.3 is 10.1 Å². The van der Waals surface area contributed by atoms with Crippen molar-refractivity contribution >= 4 is 41.1 Å². The zero-order valence-corrected chi connectivity index (χ0v) is 15.3. The van der Waals surface area contributed by atoms with Crippen LogP contribution in [0.2, 0.25) is 10.0 Å². The number of halogens is 2. The van der Waals surface area contributed by atoms with Crippen LogP contribution in [0.1, 0.15) is 43.0 Å². The number of rotatable bonds is 4. The van der Waals surface area contributed by atoms with Crippen molar-refractivity contribution in [1.29, 1.82) is 0 Å². The van der Waals surface area contributed by atoms with E-state index < -0.39 is 24.5 Å². The minimum absolute atomic E-state index is 0.0503. The summed E-state index contributed by atoms with van der Waals surface area (Å²) in [6, 6.07) is 3.81. The van der Waals surface area contributed by atoms with Crippen LogP contribution in [0.3, 0.4) is 0 Å². The maximum atomic E-state index is 11.9. The molecule has 1 aliphatic carbocycles. The molecule has 0 unspecified atom stereocenters. The summed E-state index contributed by atoms with van der Waals surface area (Å²) in [5.74, 6) is -1.13. The predicted molar refractivity (Wildman–Crippen MR) is 94.8 cm³/mol. The van der Waals surface area contributed by atoms with Crippen molar-refractivity contribution in [2.75, 3.05) is 6.61 Å². The second kappa shape index (κ2) is 9.06. The molecule has 6 nitrogen and oxygen atoms in total. The molecule has 136 valence electrons. The van der Waals surface area contributed by atoms with E-state index in [9.17, 15) is 14.4 Å². The first kappa shape index (κ1) is 19.5. The van der Waals surface area contributed by atoms with Gasteiger partial charge in [0.25, 0.3) is 5.91 Å². The van der Waals surface area contributed by atoms with Crippen molar-refractivity contribution in [3.05, 3.63) is 33.8 Å².